The van der Waals surface area contributed by atoms with Crippen LogP contribution in [0.4, 0.5) is 0 Å². The number of hydrogen-bond donors (Lipinski definition) is 0. The second-order valence-corrected chi connectivity index (χ2v) is 9.82. The molecule has 1 heterocycles. The van der Waals surface area contributed by atoms with Gasteiger partial charge in [-0.25, -0.2) is 4.79 Å². The van der Waals surface area contributed by atoms with E-state index in [4.69, 9.17) is 18.9 Å². The van der Waals surface area contributed by atoms with Gasteiger partial charge in [-0.1, -0.05) is 6.92 Å². The number of carbonyl (C=O) groups is 4. The normalized spacial score (nSPS) is 32.7. The Labute approximate surface area is 170 Å². The summed E-state index contributed by atoms with van der Waals surface area (Å²) in [6, 6.07) is 0. The van der Waals surface area contributed by atoms with Crippen molar-refractivity contribution in [3.8, 4) is 0 Å². The Morgan fingerprint density at radius 3 is 2.34 bits per heavy atom. The highest BCUT2D eigenvalue weighted by Crippen LogP contribution is 2.59. The van der Waals surface area contributed by atoms with Crippen molar-refractivity contribution in [3.05, 3.63) is 0 Å². The number of carbonyl (C=O) groups excluding carboxylic acids is 4. The van der Waals surface area contributed by atoms with Crippen LogP contribution in [0.3, 0.4) is 0 Å². The summed E-state index contributed by atoms with van der Waals surface area (Å²) in [5.41, 5.74) is -1.38. The van der Waals surface area contributed by atoms with Gasteiger partial charge in [-0.05, 0) is 47.5 Å². The van der Waals surface area contributed by atoms with E-state index in [0.717, 1.165) is 0 Å². The van der Waals surface area contributed by atoms with Gasteiger partial charge in [0.15, 0.2) is 6.61 Å². The van der Waals surface area contributed by atoms with Crippen LogP contribution < -0.4 is 0 Å². The highest BCUT2D eigenvalue weighted by atomic mass is 16.6. The Bertz CT molecular complexity index is 719. The third kappa shape index (κ3) is 3.98. The molecule has 1 aliphatic heterocycles. The number of hydrogen-bond acceptors (Lipinski definition) is 8. The lowest BCUT2D eigenvalue weighted by Gasteiger charge is -2.32. The highest BCUT2D eigenvalue weighted by Gasteiger charge is 2.70. The second-order valence-electron chi connectivity index (χ2n) is 9.82. The topological polar surface area (TPSA) is 105 Å². The van der Waals surface area contributed by atoms with Gasteiger partial charge in [-0.2, -0.15) is 0 Å². The standard InChI is InChI=1S/C21H30O8/c1-7-21(5,6)19(25)26-9-12(22)27-15-11-8-10-13(17(23)28-16(10)15)14(11)18(24)29-20(2,3)4/h10-11,13-16H,7-9H2,1-6H3. The fourth-order valence-corrected chi connectivity index (χ4v) is 4.49. The summed E-state index contributed by atoms with van der Waals surface area (Å²) in [6.45, 7) is 10.1. The van der Waals surface area contributed by atoms with Gasteiger partial charge in [-0.15, -0.1) is 0 Å². The number of rotatable bonds is 6. The molecule has 3 aliphatic rings. The zero-order valence-corrected chi connectivity index (χ0v) is 17.9. The van der Waals surface area contributed by atoms with E-state index in [9.17, 15) is 19.2 Å². The molecule has 6 unspecified atom stereocenters. The molecule has 2 aliphatic carbocycles. The molecule has 0 aromatic carbocycles. The first-order chi connectivity index (χ1) is 13.4. The van der Waals surface area contributed by atoms with Gasteiger partial charge in [0, 0.05) is 11.8 Å². The van der Waals surface area contributed by atoms with Crippen molar-refractivity contribution in [3.63, 3.8) is 0 Å². The van der Waals surface area contributed by atoms with Crippen LogP contribution >= 0.6 is 0 Å². The summed E-state index contributed by atoms with van der Waals surface area (Å²) in [4.78, 5) is 49.4. The third-order valence-electron chi connectivity index (χ3n) is 6.25. The zero-order valence-electron chi connectivity index (χ0n) is 17.9. The molecule has 3 rings (SSSR count). The SMILES string of the molecule is CCC(C)(C)C(=O)OCC(=O)OC1C2CC3C1OC(=O)C3C2C(=O)OC(C)(C)C. The highest BCUT2D eigenvalue weighted by molar-refractivity contribution is 5.86. The monoisotopic (exact) mass is 410 g/mol. The van der Waals surface area contributed by atoms with E-state index in [1.165, 1.54) is 0 Å². The van der Waals surface area contributed by atoms with Crippen molar-refractivity contribution in [2.75, 3.05) is 6.61 Å². The molecule has 1 saturated heterocycles. The summed E-state index contributed by atoms with van der Waals surface area (Å²) >= 11 is 0. The van der Waals surface area contributed by atoms with E-state index in [1.54, 1.807) is 34.6 Å². The van der Waals surface area contributed by atoms with Gasteiger partial charge >= 0.3 is 23.9 Å². The summed E-state index contributed by atoms with van der Waals surface area (Å²) in [6.07, 6.45) is -0.149. The van der Waals surface area contributed by atoms with Crippen molar-refractivity contribution < 1.29 is 38.1 Å². The van der Waals surface area contributed by atoms with E-state index in [0.29, 0.717) is 12.8 Å². The minimum absolute atomic E-state index is 0.163. The van der Waals surface area contributed by atoms with E-state index < -0.39 is 65.5 Å². The Kier molecular flexibility index (Phi) is 5.43. The molecule has 0 N–H and O–H groups in total. The molecule has 0 aromatic rings. The molecule has 0 radical (unpaired) electrons. The van der Waals surface area contributed by atoms with E-state index in [2.05, 4.69) is 0 Å². The largest absolute Gasteiger partial charge is 0.460 e. The molecule has 162 valence electrons. The minimum Gasteiger partial charge on any atom is -0.460 e. The molecule has 0 aromatic heterocycles. The van der Waals surface area contributed by atoms with Crippen molar-refractivity contribution in [1.29, 1.82) is 0 Å². The van der Waals surface area contributed by atoms with Crippen LogP contribution in [0.25, 0.3) is 0 Å². The summed E-state index contributed by atoms with van der Waals surface area (Å²) < 4.78 is 21.5. The molecule has 6 atom stereocenters. The molecule has 29 heavy (non-hydrogen) atoms. The average molecular weight is 410 g/mol. The molecule has 0 amide bonds. The zero-order chi connectivity index (χ0) is 21.7. The predicted molar refractivity (Wildman–Crippen MR) is 99.2 cm³/mol. The Morgan fingerprint density at radius 1 is 1.10 bits per heavy atom. The fourth-order valence-electron chi connectivity index (χ4n) is 4.49. The molecule has 2 saturated carbocycles. The van der Waals surface area contributed by atoms with Crippen molar-refractivity contribution in [2.45, 2.75) is 72.2 Å². The summed E-state index contributed by atoms with van der Waals surface area (Å²) in [7, 11) is 0. The molecule has 0 spiro atoms. The van der Waals surface area contributed by atoms with Crippen LogP contribution in [0.2, 0.25) is 0 Å². The Balaban J connectivity index is 1.66. The van der Waals surface area contributed by atoms with Gasteiger partial charge in [0.05, 0.1) is 17.3 Å². The molecular formula is C21H30O8. The van der Waals surface area contributed by atoms with Crippen LogP contribution in [0, 0.1) is 29.1 Å². The lowest BCUT2D eigenvalue weighted by molar-refractivity contribution is -0.177. The molecule has 8 nitrogen and oxygen atoms in total. The molecule has 2 bridgehead atoms. The summed E-state index contributed by atoms with van der Waals surface area (Å²) in [5.74, 6) is -3.85. The van der Waals surface area contributed by atoms with Gasteiger partial charge in [0.1, 0.15) is 17.8 Å². The molecule has 8 heteroatoms. The maximum absolute atomic E-state index is 12.7. The van der Waals surface area contributed by atoms with E-state index in [1.807, 2.05) is 6.92 Å². The van der Waals surface area contributed by atoms with Gasteiger partial charge in [-0.3, -0.25) is 14.4 Å². The first-order valence-corrected chi connectivity index (χ1v) is 10.2. The quantitative estimate of drug-likeness (QED) is 0.484. The number of esters is 4. The maximum atomic E-state index is 12.7. The van der Waals surface area contributed by atoms with Crippen LogP contribution in [0.15, 0.2) is 0 Å². The molecular weight excluding hydrogens is 380 g/mol. The third-order valence-corrected chi connectivity index (χ3v) is 6.25. The van der Waals surface area contributed by atoms with Gasteiger partial charge in [0.2, 0.25) is 0 Å². The number of fused-ring (bicyclic) bond motifs is 1. The van der Waals surface area contributed by atoms with E-state index in [-0.39, 0.29) is 11.8 Å². The van der Waals surface area contributed by atoms with Crippen molar-refractivity contribution in [1.82, 2.24) is 0 Å². The number of ether oxygens (including phenoxy) is 4. The van der Waals surface area contributed by atoms with Crippen LogP contribution in [-0.2, 0) is 38.1 Å². The maximum Gasteiger partial charge on any atom is 0.344 e. The van der Waals surface area contributed by atoms with Crippen molar-refractivity contribution >= 4 is 23.9 Å². The predicted octanol–water partition coefficient (Wildman–Crippen LogP) is 2.03. The minimum atomic E-state index is -0.731. The van der Waals surface area contributed by atoms with Crippen LogP contribution in [0.1, 0.15) is 54.4 Å². The second kappa shape index (κ2) is 7.29. The lowest BCUT2D eigenvalue weighted by atomic mass is 9.78. The Morgan fingerprint density at radius 2 is 1.76 bits per heavy atom. The molecule has 3 fully saturated rings. The van der Waals surface area contributed by atoms with Gasteiger partial charge in [0.25, 0.3) is 0 Å². The van der Waals surface area contributed by atoms with Gasteiger partial charge < -0.3 is 18.9 Å². The van der Waals surface area contributed by atoms with Crippen LogP contribution in [-0.4, -0.2) is 48.3 Å². The average Bonchev–Trinajstić information content (AvgIpc) is 3.21. The summed E-state index contributed by atoms with van der Waals surface area (Å²) in [5, 5.41) is 0. The van der Waals surface area contributed by atoms with Crippen molar-refractivity contribution in [2.24, 2.45) is 29.1 Å². The lowest BCUT2D eigenvalue weighted by Crippen LogP contribution is -2.45. The first-order valence-electron chi connectivity index (χ1n) is 10.2. The van der Waals surface area contributed by atoms with E-state index >= 15 is 0 Å². The van der Waals surface area contributed by atoms with Crippen LogP contribution in [0.5, 0.6) is 0 Å². The fraction of sp³-hybridized carbons (Fsp3) is 0.810. The Hall–Kier alpha value is -2.12. The smallest absolute Gasteiger partial charge is 0.344 e. The first kappa shape index (κ1) is 21.6.